The number of ether oxygens (including phenoxy) is 3. The summed E-state index contributed by atoms with van der Waals surface area (Å²) in [6.07, 6.45) is -0.406. The van der Waals surface area contributed by atoms with Gasteiger partial charge in [0, 0.05) is 11.1 Å². The van der Waals surface area contributed by atoms with Gasteiger partial charge in [-0.2, -0.15) is 0 Å². The number of carbonyl (C=O) groups is 1. The van der Waals surface area contributed by atoms with E-state index in [1.165, 1.54) is 0 Å². The van der Waals surface area contributed by atoms with E-state index in [2.05, 4.69) is 0 Å². The van der Waals surface area contributed by atoms with E-state index in [-0.39, 0.29) is 12.8 Å². The highest BCUT2D eigenvalue weighted by atomic mass is 16.7. The van der Waals surface area contributed by atoms with Crippen molar-refractivity contribution in [3.63, 3.8) is 0 Å². The Bertz CT molecular complexity index is 961. The first-order valence-electron chi connectivity index (χ1n) is 7.43. The van der Waals surface area contributed by atoms with Gasteiger partial charge in [-0.15, -0.1) is 0 Å². The molecule has 0 bridgehead atoms. The lowest BCUT2D eigenvalue weighted by atomic mass is 9.95. The van der Waals surface area contributed by atoms with Crippen LogP contribution in [0, 0.1) is 0 Å². The number of carbonyl (C=O) groups excluding carboxylic acids is 1. The van der Waals surface area contributed by atoms with Crippen LogP contribution in [0.3, 0.4) is 0 Å². The van der Waals surface area contributed by atoms with Crippen LogP contribution in [0.15, 0.2) is 54.6 Å². The molecule has 0 aromatic heterocycles. The van der Waals surface area contributed by atoms with Crippen LogP contribution in [-0.2, 0) is 4.74 Å². The minimum absolute atomic E-state index is 0.227. The van der Waals surface area contributed by atoms with Crippen LogP contribution in [0.2, 0.25) is 0 Å². The standard InChI is InChI=1S/C19H12O4/c20-19-15-8-12-4-2-1-3-11(12)7-14(15)18(23-19)13-5-6-16-17(9-13)22-10-21-16/h1-9,18H,10H2. The summed E-state index contributed by atoms with van der Waals surface area (Å²) in [5.74, 6) is 1.12. The molecule has 0 amide bonds. The average molecular weight is 304 g/mol. The van der Waals surface area contributed by atoms with Crippen molar-refractivity contribution < 1.29 is 19.0 Å². The van der Waals surface area contributed by atoms with Gasteiger partial charge in [0.1, 0.15) is 0 Å². The SMILES string of the molecule is O=C1OC(c2ccc3c(c2)OCO3)c2cc3ccccc3cc21. The first kappa shape index (κ1) is 12.5. The molecule has 0 saturated carbocycles. The van der Waals surface area contributed by atoms with E-state index in [9.17, 15) is 4.79 Å². The average Bonchev–Trinajstić information content (AvgIpc) is 3.17. The van der Waals surface area contributed by atoms with Crippen LogP contribution >= 0.6 is 0 Å². The molecule has 2 heterocycles. The van der Waals surface area contributed by atoms with Crippen molar-refractivity contribution in [2.75, 3.05) is 6.79 Å². The fourth-order valence-electron chi connectivity index (χ4n) is 3.21. The van der Waals surface area contributed by atoms with Crippen molar-refractivity contribution in [3.05, 3.63) is 71.3 Å². The number of cyclic esters (lactones) is 1. The first-order valence-corrected chi connectivity index (χ1v) is 7.43. The quantitative estimate of drug-likeness (QED) is 0.641. The zero-order valence-electron chi connectivity index (χ0n) is 12.1. The third kappa shape index (κ3) is 1.81. The van der Waals surface area contributed by atoms with Crippen molar-refractivity contribution in [1.29, 1.82) is 0 Å². The van der Waals surface area contributed by atoms with Gasteiger partial charge in [0.05, 0.1) is 5.56 Å². The summed E-state index contributed by atoms with van der Waals surface area (Å²) in [5, 5.41) is 2.13. The number of hydrogen-bond donors (Lipinski definition) is 0. The summed E-state index contributed by atoms with van der Waals surface area (Å²) < 4.78 is 16.4. The third-order valence-corrected chi connectivity index (χ3v) is 4.34. The highest BCUT2D eigenvalue weighted by molar-refractivity contribution is 6.00. The largest absolute Gasteiger partial charge is 0.454 e. The third-order valence-electron chi connectivity index (χ3n) is 4.34. The van der Waals surface area contributed by atoms with Crippen molar-refractivity contribution in [2.24, 2.45) is 0 Å². The molecule has 4 nitrogen and oxygen atoms in total. The van der Waals surface area contributed by atoms with E-state index in [1.54, 1.807) is 0 Å². The van der Waals surface area contributed by atoms with Gasteiger partial charge in [0.15, 0.2) is 17.6 Å². The number of esters is 1. The summed E-state index contributed by atoms with van der Waals surface area (Å²) in [6.45, 7) is 0.227. The predicted octanol–water partition coefficient (Wildman–Crippen LogP) is 3.83. The lowest BCUT2D eigenvalue weighted by molar-refractivity contribution is 0.0455. The Kier molecular flexibility index (Phi) is 2.45. The number of benzene rings is 3. The molecule has 3 aromatic rings. The van der Waals surface area contributed by atoms with Gasteiger partial charge in [0.25, 0.3) is 0 Å². The summed E-state index contributed by atoms with van der Waals surface area (Å²) in [5.41, 5.74) is 2.41. The number of fused-ring (bicyclic) bond motifs is 3. The molecule has 0 saturated heterocycles. The van der Waals surface area contributed by atoms with Crippen molar-refractivity contribution >= 4 is 16.7 Å². The highest BCUT2D eigenvalue weighted by Gasteiger charge is 2.33. The van der Waals surface area contributed by atoms with Crippen molar-refractivity contribution in [1.82, 2.24) is 0 Å². The second-order valence-electron chi connectivity index (χ2n) is 5.68. The predicted molar refractivity (Wildman–Crippen MR) is 83.8 cm³/mol. The summed E-state index contributed by atoms with van der Waals surface area (Å²) in [7, 11) is 0. The zero-order valence-corrected chi connectivity index (χ0v) is 12.1. The highest BCUT2D eigenvalue weighted by Crippen LogP contribution is 2.41. The molecule has 0 fully saturated rings. The first-order chi connectivity index (χ1) is 11.3. The molecule has 0 radical (unpaired) electrons. The topological polar surface area (TPSA) is 44.8 Å². The van der Waals surface area contributed by atoms with Crippen molar-refractivity contribution in [2.45, 2.75) is 6.10 Å². The Labute approximate surface area is 132 Å². The van der Waals surface area contributed by atoms with E-state index in [0.29, 0.717) is 11.3 Å². The fraction of sp³-hybridized carbons (Fsp3) is 0.105. The monoisotopic (exact) mass is 304 g/mol. The molecule has 2 aliphatic heterocycles. The Morgan fingerprint density at radius 2 is 1.65 bits per heavy atom. The Morgan fingerprint density at radius 1 is 0.870 bits per heavy atom. The smallest absolute Gasteiger partial charge is 0.339 e. The molecular formula is C19H12O4. The van der Waals surface area contributed by atoms with Crippen LogP contribution in [-0.4, -0.2) is 12.8 Å². The Morgan fingerprint density at radius 3 is 2.52 bits per heavy atom. The van der Waals surface area contributed by atoms with Gasteiger partial charge < -0.3 is 14.2 Å². The lowest BCUT2D eigenvalue weighted by Gasteiger charge is -2.12. The molecule has 5 rings (SSSR count). The van der Waals surface area contributed by atoms with Gasteiger partial charge in [0.2, 0.25) is 6.79 Å². The molecule has 3 aromatic carbocycles. The van der Waals surface area contributed by atoms with Gasteiger partial charge in [-0.25, -0.2) is 4.79 Å². The van der Waals surface area contributed by atoms with Gasteiger partial charge in [-0.3, -0.25) is 0 Å². The molecular weight excluding hydrogens is 292 g/mol. The molecule has 0 N–H and O–H groups in total. The second kappa shape index (κ2) is 4.49. The molecule has 4 heteroatoms. The summed E-state index contributed by atoms with van der Waals surface area (Å²) in [4.78, 5) is 12.2. The summed E-state index contributed by atoms with van der Waals surface area (Å²) in [6, 6.07) is 17.6. The van der Waals surface area contributed by atoms with Crippen LogP contribution in [0.5, 0.6) is 11.5 Å². The molecule has 1 unspecified atom stereocenters. The summed E-state index contributed by atoms with van der Waals surface area (Å²) >= 11 is 0. The van der Waals surface area contributed by atoms with E-state index in [0.717, 1.165) is 27.6 Å². The normalized spacial score (nSPS) is 18.1. The minimum atomic E-state index is -0.406. The van der Waals surface area contributed by atoms with Gasteiger partial charge in [-0.05, 0) is 35.0 Å². The van der Waals surface area contributed by atoms with E-state index in [1.807, 2.05) is 54.6 Å². The van der Waals surface area contributed by atoms with Crippen LogP contribution in [0.25, 0.3) is 10.8 Å². The number of hydrogen-bond acceptors (Lipinski definition) is 4. The van der Waals surface area contributed by atoms with E-state index >= 15 is 0 Å². The van der Waals surface area contributed by atoms with E-state index < -0.39 is 6.10 Å². The van der Waals surface area contributed by atoms with Crippen LogP contribution in [0.4, 0.5) is 0 Å². The Hall–Kier alpha value is -3.01. The maximum Gasteiger partial charge on any atom is 0.339 e. The van der Waals surface area contributed by atoms with Crippen molar-refractivity contribution in [3.8, 4) is 11.5 Å². The fourth-order valence-corrected chi connectivity index (χ4v) is 3.21. The maximum atomic E-state index is 12.2. The van der Waals surface area contributed by atoms with Crippen LogP contribution < -0.4 is 9.47 Å². The molecule has 1 atom stereocenters. The number of rotatable bonds is 1. The van der Waals surface area contributed by atoms with Crippen LogP contribution in [0.1, 0.15) is 27.6 Å². The maximum absolute atomic E-state index is 12.2. The Balaban J connectivity index is 1.67. The van der Waals surface area contributed by atoms with Gasteiger partial charge >= 0.3 is 5.97 Å². The van der Waals surface area contributed by atoms with Gasteiger partial charge in [-0.1, -0.05) is 30.3 Å². The minimum Gasteiger partial charge on any atom is -0.454 e. The van der Waals surface area contributed by atoms with E-state index in [4.69, 9.17) is 14.2 Å². The zero-order chi connectivity index (χ0) is 15.4. The molecule has 112 valence electrons. The second-order valence-corrected chi connectivity index (χ2v) is 5.68. The molecule has 0 spiro atoms. The molecule has 0 aliphatic carbocycles. The molecule has 2 aliphatic rings. The molecule has 23 heavy (non-hydrogen) atoms. The lowest BCUT2D eigenvalue weighted by Crippen LogP contribution is -2.00.